The lowest BCUT2D eigenvalue weighted by atomic mass is 9.76. The zero-order valence-electron chi connectivity index (χ0n) is 15.0. The van der Waals surface area contributed by atoms with Crippen molar-refractivity contribution in [3.8, 4) is 17.0 Å². The SMILES string of the molecule is OCC1(O)CC(Nc2nnc(-c3ccc(C(F)(F)F)cc3O)c3ccncc23)C1. The van der Waals surface area contributed by atoms with E-state index in [1.165, 1.54) is 12.4 Å². The van der Waals surface area contributed by atoms with Gasteiger partial charge in [0.15, 0.2) is 5.82 Å². The topological polar surface area (TPSA) is 111 Å². The van der Waals surface area contributed by atoms with Crippen molar-refractivity contribution in [1.29, 1.82) is 0 Å². The predicted molar refractivity (Wildman–Crippen MR) is 98.1 cm³/mol. The number of fused-ring (bicyclic) bond motifs is 1. The molecule has 1 saturated carbocycles. The number of aromatic nitrogens is 3. The van der Waals surface area contributed by atoms with Crippen LogP contribution in [0.1, 0.15) is 18.4 Å². The lowest BCUT2D eigenvalue weighted by Crippen LogP contribution is -2.53. The number of anilines is 1. The molecule has 10 heteroatoms. The fourth-order valence-corrected chi connectivity index (χ4v) is 3.49. The van der Waals surface area contributed by atoms with E-state index in [0.717, 1.165) is 12.1 Å². The number of nitrogens with zero attached hydrogens (tertiary/aromatic N) is 3. The van der Waals surface area contributed by atoms with Crippen molar-refractivity contribution < 1.29 is 28.5 Å². The molecular weight excluding hydrogens is 389 g/mol. The number of phenols is 1. The molecule has 1 aliphatic carbocycles. The Morgan fingerprint density at radius 1 is 1.14 bits per heavy atom. The lowest BCUT2D eigenvalue weighted by molar-refractivity contribution is -0.137. The van der Waals surface area contributed by atoms with E-state index in [1.54, 1.807) is 6.07 Å². The number of aliphatic hydroxyl groups is 2. The minimum Gasteiger partial charge on any atom is -0.507 e. The normalized spacial score (nSPS) is 21.8. The number of aliphatic hydroxyl groups excluding tert-OH is 1. The van der Waals surface area contributed by atoms with Crippen LogP contribution in [-0.4, -0.2) is 48.8 Å². The minimum atomic E-state index is -4.57. The van der Waals surface area contributed by atoms with Crippen LogP contribution in [0.3, 0.4) is 0 Å². The van der Waals surface area contributed by atoms with E-state index in [1.807, 2.05) is 0 Å². The van der Waals surface area contributed by atoms with Gasteiger partial charge in [-0.05, 0) is 37.1 Å². The number of pyridine rings is 1. The first-order valence-electron chi connectivity index (χ1n) is 8.81. The molecule has 1 aromatic carbocycles. The summed E-state index contributed by atoms with van der Waals surface area (Å²) in [6.45, 7) is -0.328. The highest BCUT2D eigenvalue weighted by molar-refractivity contribution is 6.00. The molecule has 1 fully saturated rings. The maximum absolute atomic E-state index is 12.9. The van der Waals surface area contributed by atoms with E-state index < -0.39 is 23.1 Å². The van der Waals surface area contributed by atoms with Gasteiger partial charge in [-0.25, -0.2) is 0 Å². The van der Waals surface area contributed by atoms with Crippen LogP contribution in [0.4, 0.5) is 19.0 Å². The second-order valence-electron chi connectivity index (χ2n) is 7.18. The summed E-state index contributed by atoms with van der Waals surface area (Å²) in [5, 5.41) is 41.7. The van der Waals surface area contributed by atoms with Gasteiger partial charge in [0.1, 0.15) is 11.4 Å². The molecule has 0 amide bonds. The average Bonchev–Trinajstić information content (AvgIpc) is 2.66. The summed E-state index contributed by atoms with van der Waals surface area (Å²) in [6, 6.07) is 4.20. The fraction of sp³-hybridized carbons (Fsp3) is 0.316. The average molecular weight is 406 g/mol. The van der Waals surface area contributed by atoms with Crippen molar-refractivity contribution >= 4 is 16.6 Å². The first-order valence-corrected chi connectivity index (χ1v) is 8.81. The minimum absolute atomic E-state index is 0.116. The molecule has 0 spiro atoms. The van der Waals surface area contributed by atoms with E-state index in [9.17, 15) is 23.4 Å². The van der Waals surface area contributed by atoms with Gasteiger partial charge in [0.2, 0.25) is 0 Å². The standard InChI is InChI=1S/C19H17F3N4O3/c20-19(21,22)10-1-2-13(15(28)5-10)16-12-3-4-23-8-14(12)17(26-25-16)24-11-6-18(29,7-11)9-27/h1-5,8,11,27-29H,6-7,9H2,(H,24,26). The summed E-state index contributed by atoms with van der Waals surface area (Å²) >= 11 is 0. The van der Waals surface area contributed by atoms with Crippen molar-refractivity contribution in [3.05, 3.63) is 42.2 Å². The Morgan fingerprint density at radius 3 is 2.55 bits per heavy atom. The molecule has 0 bridgehead atoms. The van der Waals surface area contributed by atoms with Gasteiger partial charge in [0.05, 0.1) is 17.8 Å². The van der Waals surface area contributed by atoms with Gasteiger partial charge in [0, 0.05) is 34.8 Å². The third kappa shape index (κ3) is 3.56. The van der Waals surface area contributed by atoms with Crippen LogP contribution < -0.4 is 5.32 Å². The third-order valence-corrected chi connectivity index (χ3v) is 5.05. The number of alkyl halides is 3. The molecule has 7 nitrogen and oxygen atoms in total. The number of hydrogen-bond acceptors (Lipinski definition) is 7. The van der Waals surface area contributed by atoms with Crippen LogP contribution >= 0.6 is 0 Å². The van der Waals surface area contributed by atoms with Crippen molar-refractivity contribution in [2.75, 3.05) is 11.9 Å². The zero-order chi connectivity index (χ0) is 20.8. The zero-order valence-corrected chi connectivity index (χ0v) is 15.0. The largest absolute Gasteiger partial charge is 0.507 e. The van der Waals surface area contributed by atoms with Crippen molar-refractivity contribution in [2.45, 2.75) is 30.7 Å². The van der Waals surface area contributed by atoms with Gasteiger partial charge in [-0.3, -0.25) is 4.98 Å². The highest BCUT2D eigenvalue weighted by Gasteiger charge is 2.42. The number of benzene rings is 1. The van der Waals surface area contributed by atoms with Gasteiger partial charge in [-0.1, -0.05) is 0 Å². The molecule has 0 radical (unpaired) electrons. The van der Waals surface area contributed by atoms with Crippen molar-refractivity contribution in [2.24, 2.45) is 0 Å². The summed E-state index contributed by atoms with van der Waals surface area (Å²) in [7, 11) is 0. The molecule has 2 aromatic heterocycles. The molecule has 29 heavy (non-hydrogen) atoms. The van der Waals surface area contributed by atoms with Crippen LogP contribution in [0.25, 0.3) is 22.0 Å². The lowest BCUT2D eigenvalue weighted by Gasteiger charge is -2.42. The molecular formula is C19H17F3N4O3. The molecule has 0 aliphatic heterocycles. The molecule has 0 unspecified atom stereocenters. The number of nitrogens with one attached hydrogen (secondary N) is 1. The van der Waals surface area contributed by atoms with Gasteiger partial charge in [-0.15, -0.1) is 10.2 Å². The van der Waals surface area contributed by atoms with E-state index in [0.29, 0.717) is 35.5 Å². The summed E-state index contributed by atoms with van der Waals surface area (Å²) in [5.41, 5.74) is -1.73. The summed E-state index contributed by atoms with van der Waals surface area (Å²) in [5.74, 6) is -0.159. The molecule has 1 aliphatic rings. The molecule has 0 atom stereocenters. The number of phenolic OH excluding ortho intramolecular Hbond substituents is 1. The molecule has 3 aromatic rings. The first-order chi connectivity index (χ1) is 13.7. The van der Waals surface area contributed by atoms with Crippen LogP contribution in [0, 0.1) is 0 Å². The Balaban J connectivity index is 1.71. The van der Waals surface area contributed by atoms with Crippen LogP contribution in [-0.2, 0) is 6.18 Å². The second kappa shape index (κ2) is 6.82. The fourth-order valence-electron chi connectivity index (χ4n) is 3.49. The predicted octanol–water partition coefficient (Wildman–Crippen LogP) is 2.71. The van der Waals surface area contributed by atoms with Crippen LogP contribution in [0.2, 0.25) is 0 Å². The third-order valence-electron chi connectivity index (χ3n) is 5.05. The molecule has 4 rings (SSSR count). The number of hydrogen-bond donors (Lipinski definition) is 4. The van der Waals surface area contributed by atoms with Gasteiger partial charge in [0.25, 0.3) is 0 Å². The number of aromatic hydroxyl groups is 1. The summed E-state index contributed by atoms with van der Waals surface area (Å²) in [6.07, 6.45) is -0.844. The van der Waals surface area contributed by atoms with Gasteiger partial charge in [-0.2, -0.15) is 13.2 Å². The van der Waals surface area contributed by atoms with Crippen LogP contribution in [0.5, 0.6) is 5.75 Å². The molecule has 152 valence electrons. The summed E-state index contributed by atoms with van der Waals surface area (Å²) in [4.78, 5) is 4.06. The molecule has 2 heterocycles. The monoisotopic (exact) mass is 406 g/mol. The van der Waals surface area contributed by atoms with E-state index in [4.69, 9.17) is 5.11 Å². The van der Waals surface area contributed by atoms with Crippen molar-refractivity contribution in [3.63, 3.8) is 0 Å². The number of rotatable bonds is 4. The van der Waals surface area contributed by atoms with Crippen molar-refractivity contribution in [1.82, 2.24) is 15.2 Å². The Bertz CT molecular complexity index is 1070. The highest BCUT2D eigenvalue weighted by Crippen LogP contribution is 2.39. The van der Waals surface area contributed by atoms with E-state index in [2.05, 4.69) is 20.5 Å². The maximum Gasteiger partial charge on any atom is 0.416 e. The quantitative estimate of drug-likeness (QED) is 0.527. The Kier molecular flexibility index (Phi) is 4.55. The van der Waals surface area contributed by atoms with Gasteiger partial charge >= 0.3 is 6.18 Å². The molecule has 0 saturated heterocycles. The smallest absolute Gasteiger partial charge is 0.416 e. The Labute approximate surface area is 162 Å². The Hall–Kier alpha value is -2.98. The van der Waals surface area contributed by atoms with Gasteiger partial charge < -0.3 is 20.6 Å². The second-order valence-corrected chi connectivity index (χ2v) is 7.18. The van der Waals surface area contributed by atoms with E-state index >= 15 is 0 Å². The first kappa shape index (κ1) is 19.3. The highest BCUT2D eigenvalue weighted by atomic mass is 19.4. The van der Waals surface area contributed by atoms with E-state index in [-0.39, 0.29) is 23.9 Å². The molecule has 4 N–H and O–H groups in total. The van der Waals surface area contributed by atoms with Crippen LogP contribution in [0.15, 0.2) is 36.7 Å². The number of halogens is 3. The Morgan fingerprint density at radius 2 is 1.90 bits per heavy atom. The summed E-state index contributed by atoms with van der Waals surface area (Å²) < 4.78 is 38.6. The maximum atomic E-state index is 12.9.